The molecule has 0 fully saturated rings. The Morgan fingerprint density at radius 3 is 2.02 bits per heavy atom. The van der Waals surface area contributed by atoms with E-state index in [0.717, 1.165) is 0 Å². The van der Waals surface area contributed by atoms with Gasteiger partial charge in [0.15, 0.2) is 0 Å². The second-order valence-electron chi connectivity index (χ2n) is 13.8. The summed E-state index contributed by atoms with van der Waals surface area (Å²) < 4.78 is 1.10. The van der Waals surface area contributed by atoms with Crippen molar-refractivity contribution in [3.05, 3.63) is 137 Å². The molecule has 6 rings (SSSR count). The van der Waals surface area contributed by atoms with E-state index in [1.807, 2.05) is 0 Å². The molecule has 0 aromatic heterocycles. The van der Waals surface area contributed by atoms with Gasteiger partial charge in [-0.05, 0) is 0 Å². The van der Waals surface area contributed by atoms with Gasteiger partial charge in [-0.15, -0.1) is 0 Å². The van der Waals surface area contributed by atoms with Crippen LogP contribution in [0.5, 0.6) is 0 Å². The summed E-state index contributed by atoms with van der Waals surface area (Å²) in [5.41, 5.74) is 10.3. The average Bonchev–Trinajstić information content (AvgIpc) is 3.55. The summed E-state index contributed by atoms with van der Waals surface area (Å²) in [7, 11) is 17.7. The molecule has 0 nitrogen and oxygen atoms in total. The minimum absolute atomic E-state index is 0.0300. The Morgan fingerprint density at radius 2 is 1.37 bits per heavy atom. The van der Waals surface area contributed by atoms with E-state index in [1.54, 1.807) is 0 Å². The Hall–Kier alpha value is -2.13. The van der Waals surface area contributed by atoms with Crippen molar-refractivity contribution in [2.75, 3.05) is 0 Å². The van der Waals surface area contributed by atoms with Gasteiger partial charge in [0.1, 0.15) is 0 Å². The van der Waals surface area contributed by atoms with Crippen LogP contribution < -0.4 is 3.87 Å². The van der Waals surface area contributed by atoms with Crippen molar-refractivity contribution in [2.45, 2.75) is 54.6 Å². The molecule has 4 heteroatoms. The molecule has 2 aliphatic carbocycles. The van der Waals surface area contributed by atoms with Gasteiger partial charge in [-0.2, -0.15) is 0 Å². The number of benzene rings is 4. The zero-order valence-corrected chi connectivity index (χ0v) is 29.2. The predicted octanol–water partition coefficient (Wildman–Crippen LogP) is 10.7. The fourth-order valence-corrected chi connectivity index (χ4v) is 37.7. The summed E-state index contributed by atoms with van der Waals surface area (Å²) in [6.45, 7) is 12.1. The number of rotatable bonds is 5. The molecule has 2 atom stereocenters. The topological polar surface area (TPSA) is 0 Å². The van der Waals surface area contributed by atoms with E-state index in [1.165, 1.54) is 48.4 Å². The van der Waals surface area contributed by atoms with Crippen LogP contribution in [-0.2, 0) is 16.6 Å². The van der Waals surface area contributed by atoms with E-state index < -0.39 is 17.8 Å². The third-order valence-electron chi connectivity index (χ3n) is 10.5. The van der Waals surface area contributed by atoms with Crippen molar-refractivity contribution in [3.63, 3.8) is 0 Å². The van der Waals surface area contributed by atoms with Crippen molar-refractivity contribution in [1.82, 2.24) is 0 Å². The zero-order chi connectivity index (χ0) is 29.3. The Balaban J connectivity index is 1.65. The van der Waals surface area contributed by atoms with Gasteiger partial charge in [-0.25, -0.2) is 0 Å². The molecule has 41 heavy (non-hydrogen) atoms. The van der Waals surface area contributed by atoms with Crippen LogP contribution in [0.4, 0.5) is 0 Å². The number of halogens is 2. The van der Waals surface area contributed by atoms with Crippen molar-refractivity contribution in [2.24, 2.45) is 0 Å². The van der Waals surface area contributed by atoms with Crippen LogP contribution in [0.1, 0.15) is 64.0 Å². The van der Waals surface area contributed by atoms with Crippen LogP contribution in [0.25, 0.3) is 23.3 Å². The minimum atomic E-state index is -5.40. The molecule has 0 spiro atoms. The molecule has 0 saturated heterocycles. The number of hydrogen-bond acceptors (Lipinski definition) is 0. The van der Waals surface area contributed by atoms with Gasteiger partial charge < -0.3 is 0 Å². The quantitative estimate of drug-likeness (QED) is 0.192. The molecular formula is C37H40Cl2SiTi. The molecule has 4 aromatic carbocycles. The fourth-order valence-electron chi connectivity index (χ4n) is 8.14. The van der Waals surface area contributed by atoms with Gasteiger partial charge in [-0.3, -0.25) is 0 Å². The Labute approximate surface area is 253 Å². The van der Waals surface area contributed by atoms with E-state index in [0.29, 0.717) is 0 Å². The van der Waals surface area contributed by atoms with E-state index in [9.17, 15) is 0 Å². The maximum atomic E-state index is 8.87. The zero-order valence-electron chi connectivity index (χ0n) is 25.0. The second kappa shape index (κ2) is 9.43. The van der Waals surface area contributed by atoms with Gasteiger partial charge in [0.25, 0.3) is 0 Å². The van der Waals surface area contributed by atoms with Crippen molar-refractivity contribution in [1.29, 1.82) is 0 Å². The molecule has 4 aromatic rings. The van der Waals surface area contributed by atoms with Crippen LogP contribution in [0, 0.1) is 0 Å². The van der Waals surface area contributed by atoms with E-state index in [4.69, 9.17) is 18.6 Å². The van der Waals surface area contributed by atoms with Crippen molar-refractivity contribution in [3.8, 4) is 11.1 Å². The summed E-state index contributed by atoms with van der Waals surface area (Å²) in [6.07, 6.45) is 7.01. The van der Waals surface area contributed by atoms with E-state index in [2.05, 4.69) is 156 Å². The molecule has 0 heterocycles. The molecule has 2 aliphatic rings. The number of allylic oxidation sites excluding steroid dienone is 2. The number of fused-ring (bicyclic) bond motifs is 2. The number of hydrogen-bond donors (Lipinski definition) is 0. The summed E-state index contributed by atoms with van der Waals surface area (Å²) in [5.74, 6) is 0. The van der Waals surface area contributed by atoms with Gasteiger partial charge in [0.2, 0.25) is 0 Å². The molecule has 0 amide bonds. The average molecular weight is 632 g/mol. The SMILES string of the molecule is CC1=Cc2c(-c3ccc(C(C)(C)C)cc3)cccc2[CH]1[Ti]([Cl])([Cl])([c]1ccccc1)([CH]1C=Cc2ccccc21)[SiH](C)C. The van der Waals surface area contributed by atoms with E-state index >= 15 is 0 Å². The van der Waals surface area contributed by atoms with Crippen molar-refractivity contribution >= 4 is 41.3 Å². The molecule has 2 unspecified atom stereocenters. The summed E-state index contributed by atoms with van der Waals surface area (Å²) in [5, 5.41) is 0. The molecule has 210 valence electrons. The van der Waals surface area contributed by atoms with Crippen LogP contribution in [-0.4, -0.2) is 6.66 Å². The molecule has 0 bridgehead atoms. The van der Waals surface area contributed by atoms with Gasteiger partial charge in [0.05, 0.1) is 0 Å². The first-order valence-electron chi connectivity index (χ1n) is 14.9. The first-order valence-corrected chi connectivity index (χ1v) is 27.3. The molecule has 0 radical (unpaired) electrons. The second-order valence-corrected chi connectivity index (χ2v) is 48.7. The Morgan fingerprint density at radius 1 is 0.732 bits per heavy atom. The first-order chi connectivity index (χ1) is 19.3. The monoisotopic (exact) mass is 630 g/mol. The van der Waals surface area contributed by atoms with Gasteiger partial charge in [-0.1, -0.05) is 0 Å². The van der Waals surface area contributed by atoms with Crippen LogP contribution >= 0.6 is 18.6 Å². The predicted molar refractivity (Wildman–Crippen MR) is 182 cm³/mol. The third kappa shape index (κ3) is 3.89. The molecular weight excluding hydrogens is 591 g/mol. The van der Waals surface area contributed by atoms with Gasteiger partial charge in [0, 0.05) is 0 Å². The van der Waals surface area contributed by atoms with E-state index in [-0.39, 0.29) is 13.9 Å². The summed E-state index contributed by atoms with van der Waals surface area (Å²) in [4.78, 5) is 0. The Kier molecular flexibility index (Phi) is 6.67. The van der Waals surface area contributed by atoms with Crippen molar-refractivity contribution < 1.29 is 11.2 Å². The fraction of sp³-hybridized carbons (Fsp3) is 0.243. The maximum absolute atomic E-state index is 8.87. The van der Waals surface area contributed by atoms with Crippen LogP contribution in [0.2, 0.25) is 13.1 Å². The molecule has 0 saturated carbocycles. The normalized spacial score (nSPS) is 19.9. The summed E-state index contributed by atoms with van der Waals surface area (Å²) >= 11 is -5.40. The molecule has 0 aliphatic heterocycles. The standard InChI is InChI=1S/C20H21.C9H7.C6H5.C2H7Si.2ClH.Ti/c1-14-12-16-6-5-7-18(19(16)13-14)15-8-10-17(11-9-15)20(2,3)4;1-2-5-9-7-3-6-8(9)4-1;1-2-4-6-5-3-1;1-3-2;;;/h5-13H,1-4H3;1-7H;1-5H;3H,1-2H3;2*1H;/q;;;;;;+2/p-2. The van der Waals surface area contributed by atoms with Gasteiger partial charge >= 0.3 is 255 Å². The summed E-state index contributed by atoms with van der Waals surface area (Å²) in [6, 6.07) is 35.4. The molecule has 0 N–H and O–H groups in total. The van der Waals surface area contributed by atoms with Crippen LogP contribution in [0.15, 0.2) is 109 Å². The Bertz CT molecular complexity index is 1730. The van der Waals surface area contributed by atoms with Crippen LogP contribution in [0.3, 0.4) is 0 Å². The first kappa shape index (κ1) is 29.0. The third-order valence-corrected chi connectivity index (χ3v) is 56.1.